The molecule has 202 valence electrons. The minimum absolute atomic E-state index is 0.156. The van der Waals surface area contributed by atoms with Crippen molar-refractivity contribution in [1.29, 1.82) is 0 Å². The summed E-state index contributed by atoms with van der Waals surface area (Å²) in [5.41, 5.74) is 3.51. The molecule has 0 bridgehead atoms. The maximum absolute atomic E-state index is 12.8. The summed E-state index contributed by atoms with van der Waals surface area (Å²) in [4.78, 5) is 0. The smallest absolute Gasteiger partial charge is 0.416 e. The Morgan fingerprint density at radius 2 is 1.58 bits per heavy atom. The first-order valence-electron chi connectivity index (χ1n) is 12.9. The summed E-state index contributed by atoms with van der Waals surface area (Å²) in [6, 6.07) is 10.6. The highest BCUT2D eigenvalue weighted by molar-refractivity contribution is 5.73. The van der Waals surface area contributed by atoms with Gasteiger partial charge in [-0.2, -0.15) is 13.2 Å². The number of unbranched alkanes of at least 4 members (excludes halogenated alkanes) is 1. The van der Waals surface area contributed by atoms with Gasteiger partial charge in [-0.05, 0) is 68.3 Å². The molecule has 1 N–H and O–H groups in total. The predicted molar refractivity (Wildman–Crippen MR) is 149 cm³/mol. The lowest BCUT2D eigenvalue weighted by Gasteiger charge is -2.15. The molecule has 0 fully saturated rings. The molecule has 1 heterocycles. The molecule has 4 nitrogen and oxygen atoms in total. The number of halogens is 3. The van der Waals surface area contributed by atoms with Crippen molar-refractivity contribution < 1.29 is 17.6 Å². The van der Waals surface area contributed by atoms with Crippen molar-refractivity contribution in [3.05, 3.63) is 77.4 Å². The number of nitrogens with zero attached hydrogens (tertiary/aromatic N) is 2. The second-order valence-corrected chi connectivity index (χ2v) is 8.50. The van der Waals surface area contributed by atoms with E-state index in [1.807, 2.05) is 43.4 Å². The number of hydrogen-bond donors (Lipinski definition) is 1. The number of allylic oxidation sites excluding steroid dienone is 3. The van der Waals surface area contributed by atoms with Gasteiger partial charge in [0.05, 0.1) is 12.1 Å². The fourth-order valence-corrected chi connectivity index (χ4v) is 3.37. The number of benzene rings is 2. The molecular weight excluding hydrogens is 487 g/mol. The maximum Gasteiger partial charge on any atom is 0.416 e. The van der Waals surface area contributed by atoms with E-state index < -0.39 is 11.7 Å². The average molecular weight is 524 g/mol. The van der Waals surface area contributed by atoms with Crippen LogP contribution in [-0.2, 0) is 12.6 Å². The third kappa shape index (κ3) is 8.95. The number of aryl methyl sites for hydroxylation is 1. The van der Waals surface area contributed by atoms with Crippen LogP contribution in [0.3, 0.4) is 0 Å². The van der Waals surface area contributed by atoms with E-state index in [2.05, 4.69) is 48.1 Å². The first-order chi connectivity index (χ1) is 18.3. The largest absolute Gasteiger partial charge is 0.416 e. The minimum atomic E-state index is -4.40. The molecule has 7 heteroatoms. The molecular formula is C31H36F3N3O. The van der Waals surface area contributed by atoms with E-state index in [1.165, 1.54) is 30.5 Å². The normalized spacial score (nSPS) is 11.5. The Morgan fingerprint density at radius 3 is 2.13 bits per heavy atom. The zero-order valence-electron chi connectivity index (χ0n) is 22.7. The predicted octanol–water partition coefficient (Wildman–Crippen LogP) is 8.71. The van der Waals surface area contributed by atoms with Crippen molar-refractivity contribution in [3.8, 4) is 34.7 Å². The number of aromatic nitrogens is 2. The molecule has 2 aromatic carbocycles. The number of rotatable bonds is 9. The van der Waals surface area contributed by atoms with Crippen molar-refractivity contribution in [3.63, 3.8) is 0 Å². The van der Waals surface area contributed by atoms with Crippen LogP contribution in [0.5, 0.6) is 0 Å². The number of hydrogen-bond acceptors (Lipinski definition) is 4. The van der Waals surface area contributed by atoms with Gasteiger partial charge in [0.15, 0.2) is 0 Å². The standard InChI is InChI=1S/C27H26F3N3O.C4H10/c1-4-7-10-24(31-17-8-5-2)23-18-21(12-11-19(23)9-6-3)26-33-32-25(34-26)20-13-15-22(16-14-20)27(28,29)30;1-3-4-2/h4,7,10-16,18,31H,6,9,17H2,1-3H3;3-4H2,1-2H3/b7-4-,24-10-;. The highest BCUT2D eigenvalue weighted by atomic mass is 19.4. The third-order valence-electron chi connectivity index (χ3n) is 5.55. The fraction of sp³-hybridized carbons (Fsp3) is 0.355. The van der Waals surface area contributed by atoms with Gasteiger partial charge < -0.3 is 9.73 Å². The van der Waals surface area contributed by atoms with Crippen molar-refractivity contribution in [2.75, 3.05) is 6.54 Å². The molecule has 0 unspecified atom stereocenters. The zero-order valence-corrected chi connectivity index (χ0v) is 22.7. The third-order valence-corrected chi connectivity index (χ3v) is 5.55. The summed E-state index contributed by atoms with van der Waals surface area (Å²) in [6.45, 7) is 10.7. The highest BCUT2D eigenvalue weighted by Crippen LogP contribution is 2.32. The Labute approximate surface area is 224 Å². The molecule has 0 saturated heterocycles. The zero-order chi connectivity index (χ0) is 28.0. The summed E-state index contributed by atoms with van der Waals surface area (Å²) < 4.78 is 44.3. The lowest BCUT2D eigenvalue weighted by molar-refractivity contribution is -0.137. The molecule has 0 aliphatic heterocycles. The van der Waals surface area contributed by atoms with Crippen LogP contribution in [0.15, 0.2) is 65.1 Å². The van der Waals surface area contributed by atoms with Crippen LogP contribution in [0.1, 0.15) is 70.6 Å². The van der Waals surface area contributed by atoms with Crippen LogP contribution >= 0.6 is 0 Å². The molecule has 0 amide bonds. The molecule has 3 rings (SSSR count). The van der Waals surface area contributed by atoms with Crippen LogP contribution < -0.4 is 5.32 Å². The van der Waals surface area contributed by atoms with E-state index in [4.69, 9.17) is 4.42 Å². The lowest BCUT2D eigenvalue weighted by atomic mass is 9.97. The SMILES string of the molecule is CC#CCN/C(=C\C=C/C)c1cc(-c2nnc(-c3ccc(C(F)(F)F)cc3)o2)ccc1CCC.CCCC. The van der Waals surface area contributed by atoms with Gasteiger partial charge in [-0.15, -0.1) is 16.1 Å². The molecule has 0 aliphatic rings. The van der Waals surface area contributed by atoms with Gasteiger partial charge in [0.2, 0.25) is 11.8 Å². The molecule has 38 heavy (non-hydrogen) atoms. The second kappa shape index (κ2) is 15.5. The molecule has 0 aliphatic carbocycles. The van der Waals surface area contributed by atoms with Crippen molar-refractivity contribution >= 4 is 5.70 Å². The Balaban J connectivity index is 0.00000118. The molecule has 0 spiro atoms. The van der Waals surface area contributed by atoms with E-state index in [0.717, 1.165) is 41.8 Å². The summed E-state index contributed by atoms with van der Waals surface area (Å²) in [5.74, 6) is 6.35. The van der Waals surface area contributed by atoms with Crippen molar-refractivity contribution in [2.45, 2.75) is 66.5 Å². The first kappa shape index (κ1) is 30.4. The Bertz CT molecular complexity index is 1260. The van der Waals surface area contributed by atoms with Crippen LogP contribution in [0.4, 0.5) is 13.2 Å². The van der Waals surface area contributed by atoms with Crippen LogP contribution in [0.2, 0.25) is 0 Å². The van der Waals surface area contributed by atoms with Gasteiger partial charge in [-0.3, -0.25) is 0 Å². The lowest BCUT2D eigenvalue weighted by Crippen LogP contribution is -2.14. The van der Waals surface area contributed by atoms with Crippen LogP contribution in [0.25, 0.3) is 28.6 Å². The summed E-state index contributed by atoms with van der Waals surface area (Å²) >= 11 is 0. The molecule has 3 aromatic rings. The molecule has 1 aromatic heterocycles. The summed E-state index contributed by atoms with van der Waals surface area (Å²) in [7, 11) is 0. The van der Waals surface area contributed by atoms with Crippen molar-refractivity contribution in [2.24, 2.45) is 0 Å². The van der Waals surface area contributed by atoms with Gasteiger partial charge in [0.1, 0.15) is 0 Å². The van der Waals surface area contributed by atoms with E-state index in [0.29, 0.717) is 12.1 Å². The van der Waals surface area contributed by atoms with Gasteiger partial charge in [0.25, 0.3) is 0 Å². The quantitative estimate of drug-likeness (QED) is 0.225. The Morgan fingerprint density at radius 1 is 0.947 bits per heavy atom. The molecule has 0 atom stereocenters. The number of nitrogens with one attached hydrogen (secondary N) is 1. The Kier molecular flexibility index (Phi) is 12.4. The summed E-state index contributed by atoms with van der Waals surface area (Å²) in [6.07, 6.45) is 6.02. The summed E-state index contributed by atoms with van der Waals surface area (Å²) in [5, 5.41) is 11.5. The topological polar surface area (TPSA) is 51.0 Å². The van der Waals surface area contributed by atoms with Crippen LogP contribution in [-0.4, -0.2) is 16.7 Å². The highest BCUT2D eigenvalue weighted by Gasteiger charge is 2.30. The van der Waals surface area contributed by atoms with E-state index in [-0.39, 0.29) is 11.8 Å². The fourth-order valence-electron chi connectivity index (χ4n) is 3.37. The van der Waals surface area contributed by atoms with E-state index in [1.54, 1.807) is 6.92 Å². The maximum atomic E-state index is 12.8. The van der Waals surface area contributed by atoms with Crippen molar-refractivity contribution in [1.82, 2.24) is 15.5 Å². The van der Waals surface area contributed by atoms with Gasteiger partial charge in [0, 0.05) is 22.4 Å². The second-order valence-electron chi connectivity index (χ2n) is 8.50. The minimum Gasteiger partial charge on any atom is -0.416 e. The van der Waals surface area contributed by atoms with E-state index in [9.17, 15) is 13.2 Å². The first-order valence-corrected chi connectivity index (χ1v) is 12.9. The number of alkyl halides is 3. The molecule has 0 radical (unpaired) electrons. The van der Waals surface area contributed by atoms with E-state index >= 15 is 0 Å². The molecule has 0 saturated carbocycles. The van der Waals surface area contributed by atoms with Crippen LogP contribution in [0, 0.1) is 11.8 Å². The van der Waals surface area contributed by atoms with Gasteiger partial charge >= 0.3 is 6.18 Å². The average Bonchev–Trinajstić information content (AvgIpc) is 3.41. The Hall–Kier alpha value is -3.79. The van der Waals surface area contributed by atoms with Gasteiger partial charge in [-0.25, -0.2) is 0 Å². The monoisotopic (exact) mass is 523 g/mol. The van der Waals surface area contributed by atoms with Gasteiger partial charge in [-0.1, -0.05) is 64.2 Å².